The molecular formula is C22H56O2Si4. The molecule has 0 aliphatic rings. The third-order valence-corrected chi connectivity index (χ3v) is 14.7. The smallest absolute Gasteiger partial charge is 0.184 e. The van der Waals surface area contributed by atoms with Crippen molar-refractivity contribution in [1.82, 2.24) is 0 Å². The van der Waals surface area contributed by atoms with Gasteiger partial charge in [0.05, 0.1) is 27.3 Å². The highest BCUT2D eigenvalue weighted by atomic mass is 28.4. The maximum absolute atomic E-state index is 6.29. The Balaban J connectivity index is 0. The lowest BCUT2D eigenvalue weighted by atomic mass is 10.1. The summed E-state index contributed by atoms with van der Waals surface area (Å²) in [6.45, 7) is 41.9. The van der Waals surface area contributed by atoms with E-state index in [1.165, 1.54) is 0 Å². The molecule has 0 spiro atoms. The topological polar surface area (TPSA) is 18.5 Å². The highest BCUT2D eigenvalue weighted by molar-refractivity contribution is 6.78. The summed E-state index contributed by atoms with van der Waals surface area (Å²) in [6, 6.07) is 0. The Bertz CT molecular complexity index is 417. The van der Waals surface area contributed by atoms with Gasteiger partial charge in [-0.05, 0) is 78.1 Å². The summed E-state index contributed by atoms with van der Waals surface area (Å²) in [5, 5.41) is 0. The van der Waals surface area contributed by atoms with Crippen molar-refractivity contribution >= 4 is 32.8 Å². The van der Waals surface area contributed by atoms with Crippen LogP contribution in [-0.4, -0.2) is 44.0 Å². The molecule has 0 rings (SSSR count). The van der Waals surface area contributed by atoms with E-state index in [9.17, 15) is 0 Å². The van der Waals surface area contributed by atoms with Crippen LogP contribution in [0.15, 0.2) is 0 Å². The molecule has 0 amide bonds. The van der Waals surface area contributed by atoms with Crippen molar-refractivity contribution in [2.24, 2.45) is 0 Å². The van der Waals surface area contributed by atoms with Crippen LogP contribution in [0.2, 0.25) is 89.6 Å². The molecule has 0 radical (unpaired) electrons. The molecule has 28 heavy (non-hydrogen) atoms. The first-order valence-corrected chi connectivity index (χ1v) is 25.1. The van der Waals surface area contributed by atoms with Crippen LogP contribution in [0.4, 0.5) is 0 Å². The third-order valence-electron chi connectivity index (χ3n) is 5.82. The summed E-state index contributed by atoms with van der Waals surface area (Å²) in [4.78, 5) is 0. The van der Waals surface area contributed by atoms with Gasteiger partial charge in [0.1, 0.15) is 0 Å². The molecular weight excluding hydrogens is 409 g/mol. The van der Waals surface area contributed by atoms with Gasteiger partial charge in [-0.1, -0.05) is 53.1 Å². The zero-order valence-electron chi connectivity index (χ0n) is 23.0. The predicted octanol–water partition coefficient (Wildman–Crippen LogP) is 8.69. The molecule has 172 valence electrons. The SMILES string of the molecule is CC(C(C)(C)O[Si](C)(C)C)[Si](C)(C)C.CC(C(C)(C)O[Si](C)(C)C)[Si](C)(C)C. The second kappa shape index (κ2) is 9.94. The normalized spacial score (nSPS) is 16.9. The molecule has 0 aliphatic heterocycles. The van der Waals surface area contributed by atoms with E-state index in [-0.39, 0.29) is 11.2 Å². The first-order chi connectivity index (χ1) is 11.7. The fourth-order valence-electron chi connectivity index (χ4n) is 3.84. The van der Waals surface area contributed by atoms with Gasteiger partial charge < -0.3 is 8.85 Å². The van der Waals surface area contributed by atoms with E-state index in [2.05, 4.69) is 120 Å². The quantitative estimate of drug-likeness (QED) is 0.334. The van der Waals surface area contributed by atoms with Crippen molar-refractivity contribution < 1.29 is 8.85 Å². The Kier molecular flexibility index (Phi) is 11.0. The Hall–Kier alpha value is 0.788. The van der Waals surface area contributed by atoms with Crippen molar-refractivity contribution in [2.75, 3.05) is 0 Å². The number of hydrogen-bond donors (Lipinski definition) is 0. The number of rotatable bonds is 8. The second-order valence-electron chi connectivity index (χ2n) is 13.8. The van der Waals surface area contributed by atoms with E-state index in [1.54, 1.807) is 0 Å². The lowest BCUT2D eigenvalue weighted by molar-refractivity contribution is 0.0940. The minimum atomic E-state index is -1.41. The van der Waals surface area contributed by atoms with Gasteiger partial charge in [-0.3, -0.25) is 0 Å². The van der Waals surface area contributed by atoms with Crippen LogP contribution in [0.5, 0.6) is 0 Å². The highest BCUT2D eigenvalue weighted by Crippen LogP contribution is 2.38. The summed E-state index contributed by atoms with van der Waals surface area (Å²) in [6.07, 6.45) is 0. The van der Waals surface area contributed by atoms with E-state index >= 15 is 0 Å². The van der Waals surface area contributed by atoms with Crippen molar-refractivity contribution in [2.45, 2.75) is 142 Å². The van der Waals surface area contributed by atoms with Crippen molar-refractivity contribution in [3.8, 4) is 0 Å². The van der Waals surface area contributed by atoms with Gasteiger partial charge in [-0.15, -0.1) is 0 Å². The summed E-state index contributed by atoms with van der Waals surface area (Å²) in [7, 11) is -5.02. The molecule has 0 fully saturated rings. The molecule has 0 N–H and O–H groups in total. The Morgan fingerprint density at radius 2 is 0.643 bits per heavy atom. The van der Waals surface area contributed by atoms with Crippen LogP contribution >= 0.6 is 0 Å². The van der Waals surface area contributed by atoms with Gasteiger partial charge in [0.25, 0.3) is 0 Å². The molecule has 0 bridgehead atoms. The first-order valence-electron chi connectivity index (χ1n) is 11.1. The molecule has 0 aromatic carbocycles. The van der Waals surface area contributed by atoms with Gasteiger partial charge >= 0.3 is 0 Å². The highest BCUT2D eigenvalue weighted by Gasteiger charge is 2.40. The van der Waals surface area contributed by atoms with Gasteiger partial charge in [0.2, 0.25) is 0 Å². The van der Waals surface area contributed by atoms with E-state index in [1.807, 2.05) is 0 Å². The summed E-state index contributed by atoms with van der Waals surface area (Å²) in [5.41, 5.74) is 1.49. The molecule has 2 nitrogen and oxygen atoms in total. The summed E-state index contributed by atoms with van der Waals surface area (Å²) >= 11 is 0. The Morgan fingerprint density at radius 1 is 0.464 bits per heavy atom. The van der Waals surface area contributed by atoms with E-state index in [4.69, 9.17) is 8.85 Å². The largest absolute Gasteiger partial charge is 0.413 e. The van der Waals surface area contributed by atoms with Crippen LogP contribution in [0.1, 0.15) is 41.5 Å². The molecule has 0 saturated heterocycles. The average Bonchev–Trinajstić information content (AvgIpc) is 2.29. The van der Waals surface area contributed by atoms with Crippen molar-refractivity contribution in [1.29, 1.82) is 0 Å². The molecule has 0 aliphatic carbocycles. The predicted molar refractivity (Wildman–Crippen MR) is 143 cm³/mol. The lowest BCUT2D eigenvalue weighted by Crippen LogP contribution is -2.47. The van der Waals surface area contributed by atoms with Crippen LogP contribution in [0, 0.1) is 0 Å². The molecule has 2 unspecified atom stereocenters. The molecule has 6 heteroatoms. The molecule has 0 aromatic rings. The molecule has 2 atom stereocenters. The number of hydrogen-bond acceptors (Lipinski definition) is 2. The second-order valence-corrected chi connectivity index (χ2v) is 33.9. The lowest BCUT2D eigenvalue weighted by Gasteiger charge is -2.43. The molecule has 0 aromatic heterocycles. The maximum atomic E-state index is 6.29. The van der Waals surface area contributed by atoms with E-state index in [0.29, 0.717) is 11.1 Å². The van der Waals surface area contributed by atoms with E-state index in [0.717, 1.165) is 0 Å². The summed E-state index contributed by atoms with van der Waals surface area (Å²) in [5.74, 6) is 0. The zero-order chi connectivity index (χ0) is 23.6. The van der Waals surface area contributed by atoms with Gasteiger partial charge in [0.15, 0.2) is 16.6 Å². The Labute approximate surface area is 183 Å². The fourth-order valence-corrected chi connectivity index (χ4v) is 11.9. The molecule has 0 heterocycles. The minimum absolute atomic E-state index is 0.0505. The molecule has 0 saturated carbocycles. The van der Waals surface area contributed by atoms with Crippen molar-refractivity contribution in [3.63, 3.8) is 0 Å². The van der Waals surface area contributed by atoms with Gasteiger partial charge in [-0.2, -0.15) is 0 Å². The van der Waals surface area contributed by atoms with Gasteiger partial charge in [0, 0.05) is 0 Å². The van der Waals surface area contributed by atoms with Crippen LogP contribution in [-0.2, 0) is 8.85 Å². The summed E-state index contributed by atoms with van der Waals surface area (Å²) < 4.78 is 12.6. The average molecular weight is 465 g/mol. The van der Waals surface area contributed by atoms with Crippen LogP contribution in [0.25, 0.3) is 0 Å². The third kappa shape index (κ3) is 13.2. The Morgan fingerprint density at radius 3 is 0.750 bits per heavy atom. The first kappa shape index (κ1) is 31.0. The maximum Gasteiger partial charge on any atom is 0.184 e. The van der Waals surface area contributed by atoms with Crippen LogP contribution in [0.3, 0.4) is 0 Å². The fraction of sp³-hybridized carbons (Fsp3) is 1.00. The van der Waals surface area contributed by atoms with Crippen molar-refractivity contribution in [3.05, 3.63) is 0 Å². The van der Waals surface area contributed by atoms with Crippen LogP contribution < -0.4 is 0 Å². The monoisotopic (exact) mass is 464 g/mol. The zero-order valence-corrected chi connectivity index (χ0v) is 27.0. The minimum Gasteiger partial charge on any atom is -0.413 e. The van der Waals surface area contributed by atoms with Gasteiger partial charge in [-0.25, -0.2) is 0 Å². The standard InChI is InChI=1S/2C11H28OSi2/c2*1-10(13(4,5)6)11(2,3)12-14(7,8)9/h2*10H,1-9H3. The van der Waals surface area contributed by atoms with E-state index < -0.39 is 32.8 Å².